The summed E-state index contributed by atoms with van der Waals surface area (Å²) in [7, 11) is 0. The number of nitrogens with zero attached hydrogens (tertiary/aromatic N) is 1. The van der Waals surface area contributed by atoms with E-state index in [0.29, 0.717) is 12.1 Å². The number of carbonyl (C=O) groups is 2. The zero-order valence-electron chi connectivity index (χ0n) is 16.9. The van der Waals surface area contributed by atoms with Crippen molar-refractivity contribution in [2.45, 2.75) is 39.7 Å². The Morgan fingerprint density at radius 2 is 1.75 bits per heavy atom. The number of unbranched alkanes of at least 4 members (excludes halogenated alkanes) is 1. The van der Waals surface area contributed by atoms with Gasteiger partial charge in [-0.1, -0.05) is 25.5 Å². The largest absolute Gasteiger partial charge is 0.381 e. The molecule has 28 heavy (non-hydrogen) atoms. The van der Waals surface area contributed by atoms with Crippen molar-refractivity contribution in [2.75, 3.05) is 32.8 Å². The topological polar surface area (TPSA) is 118 Å². The van der Waals surface area contributed by atoms with Crippen LogP contribution in [0.1, 0.15) is 49.0 Å². The zero-order valence-corrected chi connectivity index (χ0v) is 16.9. The molecule has 8 nitrogen and oxygen atoms in total. The van der Waals surface area contributed by atoms with Gasteiger partial charge in [-0.2, -0.15) is 0 Å². The molecule has 2 amide bonds. The molecule has 156 valence electrons. The van der Waals surface area contributed by atoms with Crippen LogP contribution in [0.5, 0.6) is 0 Å². The summed E-state index contributed by atoms with van der Waals surface area (Å²) in [5.74, 6) is -0.153. The molecule has 0 radical (unpaired) electrons. The van der Waals surface area contributed by atoms with Crippen molar-refractivity contribution < 1.29 is 14.3 Å². The second kappa shape index (κ2) is 14.4. The number of hydrogen-bond acceptors (Lipinski definition) is 4. The third-order valence-electron chi connectivity index (χ3n) is 3.80. The van der Waals surface area contributed by atoms with Gasteiger partial charge < -0.3 is 26.4 Å². The molecule has 1 aromatic rings. The lowest BCUT2D eigenvalue weighted by molar-refractivity contribution is -0.117. The van der Waals surface area contributed by atoms with E-state index in [-0.39, 0.29) is 12.5 Å². The molecule has 0 aromatic heterocycles. The fraction of sp³-hybridized carbons (Fsp3) is 0.550. The summed E-state index contributed by atoms with van der Waals surface area (Å²) in [6.45, 7) is 7.61. The van der Waals surface area contributed by atoms with Gasteiger partial charge in [-0.15, -0.1) is 0 Å². The first-order chi connectivity index (χ1) is 13.6. The van der Waals surface area contributed by atoms with Crippen molar-refractivity contribution in [1.82, 2.24) is 16.0 Å². The summed E-state index contributed by atoms with van der Waals surface area (Å²) in [4.78, 5) is 27.1. The van der Waals surface area contributed by atoms with Crippen LogP contribution in [0.2, 0.25) is 0 Å². The quantitative estimate of drug-likeness (QED) is 0.229. The fourth-order valence-corrected chi connectivity index (χ4v) is 2.27. The predicted molar refractivity (Wildman–Crippen MR) is 111 cm³/mol. The number of hydrogen-bond donors (Lipinski definition) is 4. The van der Waals surface area contributed by atoms with Gasteiger partial charge in [0.25, 0.3) is 5.91 Å². The van der Waals surface area contributed by atoms with Crippen LogP contribution in [-0.4, -0.2) is 50.6 Å². The molecule has 0 saturated heterocycles. The van der Waals surface area contributed by atoms with Crippen molar-refractivity contribution in [2.24, 2.45) is 10.7 Å². The van der Waals surface area contributed by atoms with Crippen molar-refractivity contribution in [3.63, 3.8) is 0 Å². The second-order valence-electron chi connectivity index (χ2n) is 6.29. The van der Waals surface area contributed by atoms with Crippen LogP contribution in [0.3, 0.4) is 0 Å². The molecule has 0 aliphatic rings. The minimum atomic E-state index is -0.574. The first-order valence-corrected chi connectivity index (χ1v) is 9.82. The number of aliphatic imine (C=N–C) groups is 1. The number of nitrogens with two attached hydrogens (primary N) is 1. The molecule has 0 atom stereocenters. The summed E-state index contributed by atoms with van der Waals surface area (Å²) in [5, 5.41) is 8.96. The Morgan fingerprint density at radius 1 is 1.04 bits per heavy atom. The molecule has 0 unspecified atom stereocenters. The SMILES string of the molecule is CCCCOCCCNC(=NCc1ccc(C(=O)NCC(N)=O)cc1)NCC. The molecular weight excluding hydrogens is 358 g/mol. The molecule has 1 aromatic carbocycles. The fourth-order valence-electron chi connectivity index (χ4n) is 2.27. The third kappa shape index (κ3) is 10.5. The molecule has 1 rings (SSSR count). The molecule has 0 heterocycles. The van der Waals surface area contributed by atoms with E-state index in [0.717, 1.165) is 57.1 Å². The highest BCUT2D eigenvalue weighted by Crippen LogP contribution is 2.06. The summed E-state index contributed by atoms with van der Waals surface area (Å²) in [5.41, 5.74) is 6.47. The van der Waals surface area contributed by atoms with E-state index >= 15 is 0 Å². The normalized spacial score (nSPS) is 11.1. The summed E-state index contributed by atoms with van der Waals surface area (Å²) in [6.07, 6.45) is 3.17. The minimum absolute atomic E-state index is 0.174. The van der Waals surface area contributed by atoms with E-state index < -0.39 is 5.91 Å². The van der Waals surface area contributed by atoms with Gasteiger partial charge in [0.05, 0.1) is 13.1 Å². The Balaban J connectivity index is 2.44. The number of rotatable bonds is 13. The third-order valence-corrected chi connectivity index (χ3v) is 3.80. The number of guanidine groups is 1. The lowest BCUT2D eigenvalue weighted by Crippen LogP contribution is -2.38. The molecule has 0 bridgehead atoms. The van der Waals surface area contributed by atoms with E-state index in [1.54, 1.807) is 12.1 Å². The Kier molecular flexibility index (Phi) is 12.1. The summed E-state index contributed by atoms with van der Waals surface area (Å²) in [6, 6.07) is 7.09. The zero-order chi connectivity index (χ0) is 20.6. The van der Waals surface area contributed by atoms with Gasteiger partial charge in [-0.3, -0.25) is 9.59 Å². The molecule has 5 N–H and O–H groups in total. The van der Waals surface area contributed by atoms with Gasteiger partial charge in [0, 0.05) is 31.9 Å². The number of amides is 2. The van der Waals surface area contributed by atoms with E-state index in [4.69, 9.17) is 10.5 Å². The van der Waals surface area contributed by atoms with Gasteiger partial charge in [-0.05, 0) is 37.5 Å². The van der Waals surface area contributed by atoms with Gasteiger partial charge in [0.2, 0.25) is 5.91 Å². The number of benzene rings is 1. The minimum Gasteiger partial charge on any atom is -0.381 e. The molecular formula is C20H33N5O3. The van der Waals surface area contributed by atoms with Gasteiger partial charge in [0.1, 0.15) is 0 Å². The Labute approximate surface area is 167 Å². The van der Waals surface area contributed by atoms with Gasteiger partial charge in [0.15, 0.2) is 5.96 Å². The maximum absolute atomic E-state index is 11.9. The van der Waals surface area contributed by atoms with Crippen LogP contribution in [0, 0.1) is 0 Å². The lowest BCUT2D eigenvalue weighted by atomic mass is 10.1. The number of carbonyl (C=O) groups excluding carboxylic acids is 2. The average molecular weight is 392 g/mol. The van der Waals surface area contributed by atoms with E-state index in [9.17, 15) is 9.59 Å². The van der Waals surface area contributed by atoms with Crippen LogP contribution in [0.15, 0.2) is 29.3 Å². The number of ether oxygens (including phenoxy) is 1. The molecule has 8 heteroatoms. The average Bonchev–Trinajstić information content (AvgIpc) is 2.69. The smallest absolute Gasteiger partial charge is 0.251 e. The number of nitrogens with one attached hydrogen (secondary N) is 3. The van der Waals surface area contributed by atoms with Crippen LogP contribution in [0.25, 0.3) is 0 Å². The van der Waals surface area contributed by atoms with Crippen LogP contribution < -0.4 is 21.7 Å². The maximum Gasteiger partial charge on any atom is 0.251 e. The van der Waals surface area contributed by atoms with Crippen LogP contribution in [0.4, 0.5) is 0 Å². The molecule has 0 fully saturated rings. The Hall–Kier alpha value is -2.61. The second-order valence-corrected chi connectivity index (χ2v) is 6.29. The van der Waals surface area contributed by atoms with E-state index in [1.165, 1.54) is 0 Å². The first-order valence-electron chi connectivity index (χ1n) is 9.82. The Morgan fingerprint density at radius 3 is 2.39 bits per heavy atom. The van der Waals surface area contributed by atoms with E-state index in [2.05, 4.69) is 27.9 Å². The molecule has 0 aliphatic heterocycles. The standard InChI is InChI=1S/C20H33N5O3/c1-3-5-12-28-13-6-11-23-20(22-4-2)25-14-16-7-9-17(10-8-16)19(27)24-15-18(21)26/h7-10H,3-6,11-15H2,1-2H3,(H2,21,26)(H,24,27)(H2,22,23,25). The van der Waals surface area contributed by atoms with Crippen molar-refractivity contribution in [3.05, 3.63) is 35.4 Å². The van der Waals surface area contributed by atoms with Crippen LogP contribution in [-0.2, 0) is 16.1 Å². The van der Waals surface area contributed by atoms with Gasteiger partial charge >= 0.3 is 0 Å². The lowest BCUT2D eigenvalue weighted by Gasteiger charge is -2.11. The highest BCUT2D eigenvalue weighted by Gasteiger charge is 2.06. The monoisotopic (exact) mass is 391 g/mol. The van der Waals surface area contributed by atoms with E-state index in [1.807, 2.05) is 19.1 Å². The summed E-state index contributed by atoms with van der Waals surface area (Å²) < 4.78 is 5.55. The highest BCUT2D eigenvalue weighted by molar-refractivity contribution is 5.96. The Bertz CT molecular complexity index is 617. The first kappa shape index (κ1) is 23.4. The van der Waals surface area contributed by atoms with Crippen molar-refractivity contribution in [3.8, 4) is 0 Å². The number of primary amides is 1. The van der Waals surface area contributed by atoms with Crippen LogP contribution >= 0.6 is 0 Å². The summed E-state index contributed by atoms with van der Waals surface area (Å²) >= 11 is 0. The molecule has 0 spiro atoms. The highest BCUT2D eigenvalue weighted by atomic mass is 16.5. The molecule has 0 aliphatic carbocycles. The van der Waals surface area contributed by atoms with Gasteiger partial charge in [-0.25, -0.2) is 4.99 Å². The maximum atomic E-state index is 11.9. The van der Waals surface area contributed by atoms with Crippen molar-refractivity contribution in [1.29, 1.82) is 0 Å². The predicted octanol–water partition coefficient (Wildman–Crippen LogP) is 1.16. The molecule has 0 saturated carbocycles. The van der Waals surface area contributed by atoms with Crippen molar-refractivity contribution >= 4 is 17.8 Å².